The lowest BCUT2D eigenvalue weighted by molar-refractivity contribution is -0.384. The smallest absolute Gasteiger partial charge is 0.269 e. The van der Waals surface area contributed by atoms with Crippen molar-refractivity contribution in [3.05, 3.63) is 80.2 Å². The Balaban J connectivity index is 1.98. The standard InChI is InChI=1S/C14H10N4O3S/c15-17-16-14(19)11-3-1-10(2-4-11)9-22-13-7-5-12(6-8-13)18(20)21/h1-8H,9H2. The Bertz CT molecular complexity index is 738. The summed E-state index contributed by atoms with van der Waals surface area (Å²) in [6.07, 6.45) is 0. The number of amides is 1. The minimum absolute atomic E-state index is 0.0604. The minimum Gasteiger partial charge on any atom is -0.287 e. The van der Waals surface area contributed by atoms with Gasteiger partial charge in [0.2, 0.25) is 5.91 Å². The molecule has 7 nitrogen and oxygen atoms in total. The molecular weight excluding hydrogens is 304 g/mol. The van der Waals surface area contributed by atoms with Crippen LogP contribution in [0.3, 0.4) is 0 Å². The Labute approximate surface area is 129 Å². The number of non-ortho nitro benzene ring substituents is 1. The molecule has 0 saturated heterocycles. The molecule has 0 aliphatic rings. The van der Waals surface area contributed by atoms with Crippen molar-refractivity contribution < 1.29 is 9.72 Å². The Morgan fingerprint density at radius 2 is 1.82 bits per heavy atom. The van der Waals surface area contributed by atoms with E-state index in [2.05, 4.69) is 10.0 Å². The maximum Gasteiger partial charge on any atom is 0.269 e. The molecule has 1 amide bonds. The van der Waals surface area contributed by atoms with Crippen LogP contribution in [0.5, 0.6) is 0 Å². The zero-order valence-electron chi connectivity index (χ0n) is 11.2. The number of benzene rings is 2. The first-order valence-corrected chi connectivity index (χ1v) is 7.14. The molecule has 0 spiro atoms. The molecule has 0 saturated carbocycles. The maximum atomic E-state index is 11.3. The number of carbonyl (C=O) groups is 1. The highest BCUT2D eigenvalue weighted by Crippen LogP contribution is 2.25. The predicted octanol–water partition coefficient (Wildman–Crippen LogP) is 4.34. The number of nitro groups is 1. The molecule has 0 aliphatic heterocycles. The third-order valence-electron chi connectivity index (χ3n) is 2.79. The summed E-state index contributed by atoms with van der Waals surface area (Å²) in [5.74, 6) is 0.0467. The first kappa shape index (κ1) is 15.6. The molecule has 0 atom stereocenters. The van der Waals surface area contributed by atoms with Crippen LogP contribution in [0.4, 0.5) is 5.69 Å². The first-order valence-electron chi connectivity index (χ1n) is 6.16. The highest BCUT2D eigenvalue weighted by atomic mass is 32.2. The van der Waals surface area contributed by atoms with Crippen molar-refractivity contribution in [1.29, 1.82) is 0 Å². The van der Waals surface area contributed by atoms with Gasteiger partial charge in [0.05, 0.1) is 4.92 Å². The zero-order valence-corrected chi connectivity index (χ0v) is 12.1. The highest BCUT2D eigenvalue weighted by Gasteiger charge is 2.05. The van der Waals surface area contributed by atoms with Crippen molar-refractivity contribution in [3.8, 4) is 0 Å². The SMILES string of the molecule is [N-]=[N+]=NC(=O)c1ccc(CSc2ccc([N+](=O)[O-])cc2)cc1. The second kappa shape index (κ2) is 7.26. The molecule has 0 unspecified atom stereocenters. The molecule has 2 aromatic carbocycles. The minimum atomic E-state index is -0.614. The first-order chi connectivity index (χ1) is 10.6. The summed E-state index contributed by atoms with van der Waals surface area (Å²) in [6, 6.07) is 13.1. The van der Waals surface area contributed by atoms with Gasteiger partial charge < -0.3 is 0 Å². The van der Waals surface area contributed by atoms with Crippen LogP contribution < -0.4 is 0 Å². The summed E-state index contributed by atoms with van der Waals surface area (Å²) in [6.45, 7) is 0. The number of hydrogen-bond acceptors (Lipinski definition) is 4. The third-order valence-corrected chi connectivity index (χ3v) is 3.87. The van der Waals surface area contributed by atoms with E-state index in [0.717, 1.165) is 10.5 Å². The molecule has 0 radical (unpaired) electrons. The van der Waals surface area contributed by atoms with Crippen molar-refractivity contribution in [2.75, 3.05) is 0 Å². The van der Waals surface area contributed by atoms with Gasteiger partial charge in [0, 0.05) is 33.3 Å². The van der Waals surface area contributed by atoms with Crippen LogP contribution in [-0.2, 0) is 5.75 Å². The fraction of sp³-hybridized carbons (Fsp3) is 0.0714. The van der Waals surface area contributed by atoms with E-state index in [9.17, 15) is 14.9 Å². The third kappa shape index (κ3) is 4.08. The number of thioether (sulfide) groups is 1. The van der Waals surface area contributed by atoms with E-state index in [4.69, 9.17) is 5.53 Å². The number of nitro benzene ring substituents is 1. The monoisotopic (exact) mass is 314 g/mol. The number of azide groups is 1. The fourth-order valence-electron chi connectivity index (χ4n) is 1.67. The van der Waals surface area contributed by atoms with Gasteiger partial charge in [-0.15, -0.1) is 11.8 Å². The summed E-state index contributed by atoms with van der Waals surface area (Å²) >= 11 is 1.53. The summed E-state index contributed by atoms with van der Waals surface area (Å²) in [7, 11) is 0. The molecule has 0 fully saturated rings. The van der Waals surface area contributed by atoms with Gasteiger partial charge in [-0.05, 0) is 28.3 Å². The van der Waals surface area contributed by atoms with Crippen LogP contribution in [0.2, 0.25) is 0 Å². The van der Waals surface area contributed by atoms with Crippen LogP contribution in [-0.4, -0.2) is 10.8 Å². The van der Waals surface area contributed by atoms with E-state index in [1.54, 1.807) is 36.4 Å². The lowest BCUT2D eigenvalue weighted by Crippen LogP contribution is -1.93. The molecule has 0 heterocycles. The van der Waals surface area contributed by atoms with Crippen molar-refractivity contribution in [2.45, 2.75) is 10.6 Å². The van der Waals surface area contributed by atoms with Crippen LogP contribution in [0.15, 0.2) is 58.5 Å². The summed E-state index contributed by atoms with van der Waals surface area (Å²) < 4.78 is 0. The van der Waals surface area contributed by atoms with Crippen molar-refractivity contribution in [1.82, 2.24) is 0 Å². The average molecular weight is 314 g/mol. The normalized spacial score (nSPS) is 9.82. The number of rotatable bonds is 5. The highest BCUT2D eigenvalue weighted by molar-refractivity contribution is 7.98. The van der Waals surface area contributed by atoms with Gasteiger partial charge >= 0.3 is 0 Å². The van der Waals surface area contributed by atoms with Gasteiger partial charge in [0.15, 0.2) is 0 Å². The molecular formula is C14H10N4O3S. The second-order valence-corrected chi connectivity index (χ2v) is 5.28. The molecule has 2 aromatic rings. The van der Waals surface area contributed by atoms with Gasteiger partial charge in [-0.1, -0.05) is 24.3 Å². The van der Waals surface area contributed by atoms with Gasteiger partial charge in [-0.2, -0.15) is 0 Å². The van der Waals surface area contributed by atoms with Crippen molar-refractivity contribution in [3.63, 3.8) is 0 Å². The van der Waals surface area contributed by atoms with Gasteiger partial charge in [-0.25, -0.2) is 0 Å². The number of carbonyl (C=O) groups excluding carboxylic acids is 1. The van der Waals surface area contributed by atoms with Crippen molar-refractivity contribution >= 4 is 23.4 Å². The second-order valence-electron chi connectivity index (χ2n) is 4.23. The molecule has 2 rings (SSSR count). The average Bonchev–Trinajstić information content (AvgIpc) is 2.54. The van der Waals surface area contributed by atoms with Crippen LogP contribution in [0, 0.1) is 10.1 Å². The van der Waals surface area contributed by atoms with Gasteiger partial charge in [0.1, 0.15) is 0 Å². The zero-order chi connectivity index (χ0) is 15.9. The predicted molar refractivity (Wildman–Crippen MR) is 82.6 cm³/mol. The molecule has 8 heteroatoms. The van der Waals surface area contributed by atoms with E-state index in [0.29, 0.717) is 11.3 Å². The molecule has 110 valence electrons. The molecule has 0 aromatic heterocycles. The van der Waals surface area contributed by atoms with Crippen molar-refractivity contribution in [2.24, 2.45) is 5.11 Å². The quantitative estimate of drug-likeness (QED) is 0.204. The molecule has 0 N–H and O–H groups in total. The topological polar surface area (TPSA) is 109 Å². The number of hydrogen-bond donors (Lipinski definition) is 0. The van der Waals surface area contributed by atoms with Crippen LogP contribution >= 0.6 is 11.8 Å². The lowest BCUT2D eigenvalue weighted by atomic mass is 10.1. The van der Waals surface area contributed by atoms with E-state index >= 15 is 0 Å². The molecule has 0 aliphatic carbocycles. The summed E-state index contributed by atoms with van der Waals surface area (Å²) in [5, 5.41) is 13.6. The summed E-state index contributed by atoms with van der Waals surface area (Å²) in [5.41, 5.74) is 9.59. The largest absolute Gasteiger partial charge is 0.287 e. The molecule has 22 heavy (non-hydrogen) atoms. The Morgan fingerprint density at radius 3 is 2.36 bits per heavy atom. The van der Waals surface area contributed by atoms with E-state index in [-0.39, 0.29) is 5.69 Å². The summed E-state index contributed by atoms with van der Waals surface area (Å²) in [4.78, 5) is 24.8. The maximum absolute atomic E-state index is 11.3. The van der Waals surface area contributed by atoms with Crippen LogP contribution in [0.1, 0.15) is 15.9 Å². The van der Waals surface area contributed by atoms with E-state index in [1.165, 1.54) is 23.9 Å². The Hall–Kier alpha value is -2.83. The van der Waals surface area contributed by atoms with Gasteiger partial charge in [0.25, 0.3) is 5.69 Å². The Kier molecular flexibility index (Phi) is 5.13. The lowest BCUT2D eigenvalue weighted by Gasteiger charge is -2.03. The molecule has 0 bridgehead atoms. The fourth-order valence-corrected chi connectivity index (χ4v) is 2.53. The number of nitrogens with zero attached hydrogens (tertiary/aromatic N) is 4. The Morgan fingerprint density at radius 1 is 1.18 bits per heavy atom. The van der Waals surface area contributed by atoms with Crippen LogP contribution in [0.25, 0.3) is 10.4 Å². The van der Waals surface area contributed by atoms with E-state index in [1.807, 2.05) is 0 Å². The van der Waals surface area contributed by atoms with E-state index < -0.39 is 10.8 Å². The van der Waals surface area contributed by atoms with Gasteiger partial charge in [-0.3, -0.25) is 14.9 Å².